The first kappa shape index (κ1) is 22.1. The molecule has 0 bridgehead atoms. The normalized spacial score (nSPS) is 15.0. The molecule has 168 valence electrons. The van der Waals surface area contributed by atoms with Gasteiger partial charge in [-0.2, -0.15) is 4.80 Å². The van der Waals surface area contributed by atoms with E-state index in [-0.39, 0.29) is 12.0 Å². The van der Waals surface area contributed by atoms with Crippen molar-refractivity contribution in [3.63, 3.8) is 0 Å². The van der Waals surface area contributed by atoms with Gasteiger partial charge < -0.3 is 10.4 Å². The van der Waals surface area contributed by atoms with Crippen LogP contribution in [0.5, 0.6) is 0 Å². The fourth-order valence-corrected chi connectivity index (χ4v) is 3.81. The predicted octanol–water partition coefficient (Wildman–Crippen LogP) is 2.39. The number of carbonyl (C=O) groups excluding carboxylic acids is 1. The highest BCUT2D eigenvalue weighted by Gasteiger charge is 2.16. The van der Waals surface area contributed by atoms with Crippen LogP contribution in [0.2, 0.25) is 0 Å². The first-order valence-corrected chi connectivity index (χ1v) is 11.2. The van der Waals surface area contributed by atoms with Gasteiger partial charge in [0.15, 0.2) is 0 Å². The third kappa shape index (κ3) is 6.45. The van der Waals surface area contributed by atoms with Gasteiger partial charge in [0.05, 0.1) is 12.6 Å². The molecule has 0 spiro atoms. The maximum atomic E-state index is 12.2. The van der Waals surface area contributed by atoms with Gasteiger partial charge in [0.2, 0.25) is 11.7 Å². The van der Waals surface area contributed by atoms with Crippen LogP contribution in [0.4, 0.5) is 0 Å². The average molecular weight is 435 g/mol. The Bertz CT molecular complexity index is 981. The SMILES string of the molecule is O=C(CCCn1nnc(-c2ccccc2)n1)NCc1ccc(CN2CCC(O)CC2)cc1. The van der Waals surface area contributed by atoms with Gasteiger partial charge in [-0.15, -0.1) is 10.2 Å². The summed E-state index contributed by atoms with van der Waals surface area (Å²) in [4.78, 5) is 16.1. The molecule has 3 aromatic rings. The number of aryl methyl sites for hydroxylation is 1. The molecule has 0 unspecified atom stereocenters. The summed E-state index contributed by atoms with van der Waals surface area (Å²) in [6.07, 6.45) is 2.63. The van der Waals surface area contributed by atoms with E-state index >= 15 is 0 Å². The number of aliphatic hydroxyl groups excluding tert-OH is 1. The predicted molar refractivity (Wildman–Crippen MR) is 121 cm³/mol. The number of tetrazole rings is 1. The van der Waals surface area contributed by atoms with E-state index in [1.54, 1.807) is 0 Å². The van der Waals surface area contributed by atoms with Gasteiger partial charge in [0.25, 0.3) is 0 Å². The van der Waals surface area contributed by atoms with Gasteiger partial charge in [0, 0.05) is 38.2 Å². The number of hydrogen-bond donors (Lipinski definition) is 2. The van der Waals surface area contributed by atoms with E-state index in [0.717, 1.165) is 43.6 Å². The number of amides is 1. The number of likely N-dealkylation sites (tertiary alicyclic amines) is 1. The minimum atomic E-state index is -0.142. The molecule has 1 aliphatic heterocycles. The summed E-state index contributed by atoms with van der Waals surface area (Å²) < 4.78 is 0. The molecular weight excluding hydrogens is 404 g/mol. The van der Waals surface area contributed by atoms with Crippen molar-refractivity contribution in [2.75, 3.05) is 13.1 Å². The molecule has 8 heteroatoms. The fraction of sp³-hybridized carbons (Fsp3) is 0.417. The summed E-state index contributed by atoms with van der Waals surface area (Å²) >= 11 is 0. The van der Waals surface area contributed by atoms with E-state index in [9.17, 15) is 9.90 Å². The number of piperidine rings is 1. The number of rotatable bonds is 9. The molecule has 1 aromatic heterocycles. The van der Waals surface area contributed by atoms with Crippen LogP contribution >= 0.6 is 0 Å². The van der Waals surface area contributed by atoms with Crippen LogP contribution in [-0.2, 0) is 24.4 Å². The van der Waals surface area contributed by atoms with Crippen LogP contribution in [0.3, 0.4) is 0 Å². The van der Waals surface area contributed by atoms with Crippen molar-refractivity contribution in [2.24, 2.45) is 0 Å². The zero-order chi connectivity index (χ0) is 22.2. The molecule has 32 heavy (non-hydrogen) atoms. The lowest BCUT2D eigenvalue weighted by atomic mass is 10.1. The summed E-state index contributed by atoms with van der Waals surface area (Å²) in [5, 5.41) is 25.1. The Labute approximate surface area is 188 Å². The first-order valence-electron chi connectivity index (χ1n) is 11.2. The molecule has 0 aliphatic carbocycles. The second kappa shape index (κ2) is 11.0. The third-order valence-electron chi connectivity index (χ3n) is 5.72. The highest BCUT2D eigenvalue weighted by molar-refractivity contribution is 5.75. The molecule has 0 radical (unpaired) electrons. The summed E-state index contributed by atoms with van der Waals surface area (Å²) in [6, 6.07) is 18.1. The minimum Gasteiger partial charge on any atom is -0.393 e. The van der Waals surface area contributed by atoms with Crippen molar-refractivity contribution < 1.29 is 9.90 Å². The molecule has 2 heterocycles. The van der Waals surface area contributed by atoms with Gasteiger partial charge >= 0.3 is 0 Å². The average Bonchev–Trinajstić information content (AvgIpc) is 3.30. The molecule has 1 fully saturated rings. The van der Waals surface area contributed by atoms with Gasteiger partial charge in [-0.05, 0) is 35.6 Å². The van der Waals surface area contributed by atoms with E-state index in [0.29, 0.717) is 31.8 Å². The van der Waals surface area contributed by atoms with Crippen molar-refractivity contribution in [3.05, 3.63) is 65.7 Å². The van der Waals surface area contributed by atoms with Crippen LogP contribution in [0.1, 0.15) is 36.8 Å². The smallest absolute Gasteiger partial charge is 0.220 e. The number of benzene rings is 2. The Morgan fingerprint density at radius 2 is 1.75 bits per heavy atom. The molecule has 0 atom stereocenters. The van der Waals surface area contributed by atoms with Gasteiger partial charge in [-0.25, -0.2) is 0 Å². The van der Waals surface area contributed by atoms with Crippen molar-refractivity contribution in [1.82, 2.24) is 30.4 Å². The van der Waals surface area contributed by atoms with Crippen molar-refractivity contribution in [1.29, 1.82) is 0 Å². The minimum absolute atomic E-state index is 0.0179. The van der Waals surface area contributed by atoms with Crippen molar-refractivity contribution in [3.8, 4) is 11.4 Å². The number of aromatic nitrogens is 4. The number of aliphatic hydroxyl groups is 1. The number of hydrogen-bond acceptors (Lipinski definition) is 6. The number of nitrogens with one attached hydrogen (secondary N) is 1. The Hall–Kier alpha value is -3.10. The zero-order valence-corrected chi connectivity index (χ0v) is 18.2. The lowest BCUT2D eigenvalue weighted by Crippen LogP contribution is -2.35. The topological polar surface area (TPSA) is 96.2 Å². The fourth-order valence-electron chi connectivity index (χ4n) is 3.81. The lowest BCUT2D eigenvalue weighted by Gasteiger charge is -2.29. The van der Waals surface area contributed by atoms with Crippen molar-refractivity contribution >= 4 is 5.91 Å². The quantitative estimate of drug-likeness (QED) is 0.537. The second-order valence-electron chi connectivity index (χ2n) is 8.28. The first-order chi connectivity index (χ1) is 15.7. The Morgan fingerprint density at radius 3 is 2.50 bits per heavy atom. The van der Waals surface area contributed by atoms with Crippen LogP contribution < -0.4 is 5.32 Å². The Kier molecular flexibility index (Phi) is 7.58. The molecule has 1 amide bonds. The Morgan fingerprint density at radius 1 is 1.03 bits per heavy atom. The van der Waals surface area contributed by atoms with Gasteiger partial charge in [-0.3, -0.25) is 9.69 Å². The summed E-state index contributed by atoms with van der Waals surface area (Å²) in [6.45, 7) is 3.86. The maximum Gasteiger partial charge on any atom is 0.220 e. The molecule has 0 saturated carbocycles. The van der Waals surface area contributed by atoms with Crippen LogP contribution in [-0.4, -0.2) is 55.3 Å². The monoisotopic (exact) mass is 434 g/mol. The number of nitrogens with zero attached hydrogens (tertiary/aromatic N) is 5. The summed E-state index contributed by atoms with van der Waals surface area (Å²) in [5.74, 6) is 0.612. The second-order valence-corrected chi connectivity index (χ2v) is 8.28. The summed E-state index contributed by atoms with van der Waals surface area (Å²) in [5.41, 5.74) is 3.27. The van der Waals surface area contributed by atoms with E-state index in [1.165, 1.54) is 10.4 Å². The standard InChI is InChI=1S/C24H30N6O2/c31-22-12-15-29(16-13-22)18-20-10-8-19(9-11-20)17-25-23(32)7-4-14-30-27-24(26-28-30)21-5-2-1-3-6-21/h1-3,5-6,8-11,22,31H,4,7,12-18H2,(H,25,32). The van der Waals surface area contributed by atoms with Gasteiger partial charge in [0.1, 0.15) is 0 Å². The van der Waals surface area contributed by atoms with Gasteiger partial charge in [-0.1, -0.05) is 54.6 Å². The molecule has 1 aliphatic rings. The number of carbonyl (C=O) groups is 1. The lowest BCUT2D eigenvalue weighted by molar-refractivity contribution is -0.121. The summed E-state index contributed by atoms with van der Waals surface area (Å²) in [7, 11) is 0. The molecular formula is C24H30N6O2. The maximum absolute atomic E-state index is 12.2. The highest BCUT2D eigenvalue weighted by atomic mass is 16.3. The molecule has 2 N–H and O–H groups in total. The van der Waals surface area contributed by atoms with Crippen LogP contribution in [0.15, 0.2) is 54.6 Å². The van der Waals surface area contributed by atoms with Crippen LogP contribution in [0.25, 0.3) is 11.4 Å². The molecule has 4 rings (SSSR count). The van der Waals surface area contributed by atoms with E-state index in [2.05, 4.69) is 49.9 Å². The van der Waals surface area contributed by atoms with E-state index in [4.69, 9.17) is 0 Å². The zero-order valence-electron chi connectivity index (χ0n) is 18.2. The molecule has 8 nitrogen and oxygen atoms in total. The van der Waals surface area contributed by atoms with Crippen LogP contribution in [0, 0.1) is 0 Å². The molecule has 2 aromatic carbocycles. The van der Waals surface area contributed by atoms with E-state index < -0.39 is 0 Å². The van der Waals surface area contributed by atoms with Crippen molar-refractivity contribution in [2.45, 2.75) is 51.4 Å². The Balaban J connectivity index is 1.15. The van der Waals surface area contributed by atoms with E-state index in [1.807, 2.05) is 30.3 Å². The molecule has 1 saturated heterocycles. The third-order valence-corrected chi connectivity index (χ3v) is 5.72. The largest absolute Gasteiger partial charge is 0.393 e. The highest BCUT2D eigenvalue weighted by Crippen LogP contribution is 2.14.